The maximum absolute atomic E-state index is 12.1. The second kappa shape index (κ2) is 6.44. The van der Waals surface area contributed by atoms with E-state index in [0.717, 1.165) is 0 Å². The van der Waals surface area contributed by atoms with Crippen LogP contribution in [-0.4, -0.2) is 60.3 Å². The smallest absolute Gasteiger partial charge is 0.404 e. The Bertz CT molecular complexity index is 692. The monoisotopic (exact) mass is 334 g/mol. The average Bonchev–Trinajstić information content (AvgIpc) is 2.88. The van der Waals surface area contributed by atoms with Crippen molar-refractivity contribution in [2.75, 3.05) is 36.1 Å². The van der Waals surface area contributed by atoms with Crippen LogP contribution in [0.15, 0.2) is 12.1 Å². The predicted molar refractivity (Wildman–Crippen MR) is 84.1 cm³/mol. The molecule has 9 nitrogen and oxygen atoms in total. The Hall–Kier alpha value is -2.68. The van der Waals surface area contributed by atoms with Gasteiger partial charge in [-0.3, -0.25) is 14.5 Å². The number of aromatic nitrogens is 1. The molecule has 0 aromatic carbocycles. The predicted octanol–water partition coefficient (Wildman–Crippen LogP) is 0.126. The molecule has 1 aromatic rings. The number of carboxylic acid groups (broad SMARTS) is 1. The molecule has 9 heteroatoms. The molecule has 0 radical (unpaired) electrons. The fraction of sp³-hybridized carbons (Fsp3) is 0.467. The van der Waals surface area contributed by atoms with Crippen molar-refractivity contribution < 1.29 is 24.2 Å². The summed E-state index contributed by atoms with van der Waals surface area (Å²) < 4.78 is 5.12. The number of hydrogen-bond donors (Lipinski definition) is 2. The number of carbonyl (C=O) groups is 3. The number of rotatable bonds is 3. The number of ether oxygens (including phenoxy) is 1. The highest BCUT2D eigenvalue weighted by Crippen LogP contribution is 2.26. The summed E-state index contributed by atoms with van der Waals surface area (Å²) in [5.41, 5.74) is 1.32. The number of carbonyl (C=O) groups excluding carboxylic acids is 2. The number of aryl methyl sites for hydroxylation is 1. The van der Waals surface area contributed by atoms with Crippen molar-refractivity contribution in [3.8, 4) is 0 Å². The number of morpholine rings is 1. The third kappa shape index (κ3) is 3.16. The number of hydrogen-bond acceptors (Lipinski definition) is 5. The first-order chi connectivity index (χ1) is 11.5. The lowest BCUT2D eigenvalue weighted by molar-refractivity contribution is -0.125. The van der Waals surface area contributed by atoms with Gasteiger partial charge in [0.05, 0.1) is 24.0 Å². The van der Waals surface area contributed by atoms with Crippen LogP contribution in [0.2, 0.25) is 0 Å². The van der Waals surface area contributed by atoms with E-state index >= 15 is 0 Å². The van der Waals surface area contributed by atoms with Crippen LogP contribution >= 0.6 is 0 Å². The van der Waals surface area contributed by atoms with Gasteiger partial charge in [-0.1, -0.05) is 0 Å². The summed E-state index contributed by atoms with van der Waals surface area (Å²) in [5, 5.41) is 11.1. The van der Waals surface area contributed by atoms with Gasteiger partial charge in [-0.2, -0.15) is 0 Å². The minimum Gasteiger partial charge on any atom is -0.465 e. The Labute approximate surface area is 138 Å². The molecule has 0 bridgehead atoms. The van der Waals surface area contributed by atoms with Crippen molar-refractivity contribution in [3.63, 3.8) is 0 Å². The van der Waals surface area contributed by atoms with E-state index in [1.165, 1.54) is 4.90 Å². The molecule has 2 saturated heterocycles. The van der Waals surface area contributed by atoms with Crippen molar-refractivity contribution in [2.45, 2.75) is 19.4 Å². The lowest BCUT2D eigenvalue weighted by atomic mass is 10.2. The first-order valence-electron chi connectivity index (χ1n) is 7.61. The molecule has 2 N–H and O–H groups in total. The zero-order chi connectivity index (χ0) is 17.3. The summed E-state index contributed by atoms with van der Waals surface area (Å²) in [6.07, 6.45) is -1.04. The van der Waals surface area contributed by atoms with Crippen LogP contribution in [0.25, 0.3) is 0 Å². The molecule has 1 atom stereocenters. The molecule has 1 aromatic heterocycles. The second-order valence-electron chi connectivity index (χ2n) is 5.73. The molecule has 3 heterocycles. The summed E-state index contributed by atoms with van der Waals surface area (Å²) in [7, 11) is 0. The number of amides is 3. The summed E-state index contributed by atoms with van der Waals surface area (Å²) in [4.78, 5) is 42.2. The van der Waals surface area contributed by atoms with Gasteiger partial charge in [-0.05, 0) is 19.1 Å². The van der Waals surface area contributed by atoms with Gasteiger partial charge in [0.2, 0.25) is 5.91 Å². The van der Waals surface area contributed by atoms with E-state index in [9.17, 15) is 14.4 Å². The van der Waals surface area contributed by atoms with Crippen LogP contribution in [0.1, 0.15) is 12.1 Å². The summed E-state index contributed by atoms with van der Waals surface area (Å²) in [5.74, 6) is 0.148. The van der Waals surface area contributed by atoms with E-state index in [4.69, 9.17) is 9.84 Å². The maximum Gasteiger partial charge on any atom is 0.404 e. The molecular weight excluding hydrogens is 316 g/mol. The Balaban J connectivity index is 1.78. The molecule has 3 rings (SSSR count). The molecule has 24 heavy (non-hydrogen) atoms. The SMILES string of the molecule is Cc1nc(N2CC(NC(=O)O)CC2=O)ccc1N1CCOCC1=O. The number of pyridine rings is 1. The van der Waals surface area contributed by atoms with E-state index in [1.807, 2.05) is 0 Å². The number of anilines is 2. The summed E-state index contributed by atoms with van der Waals surface area (Å²) in [6, 6.07) is 2.98. The summed E-state index contributed by atoms with van der Waals surface area (Å²) in [6.45, 7) is 3.00. The molecule has 2 aliphatic heterocycles. The van der Waals surface area contributed by atoms with E-state index in [1.54, 1.807) is 24.0 Å². The van der Waals surface area contributed by atoms with Crippen molar-refractivity contribution >= 4 is 29.4 Å². The van der Waals surface area contributed by atoms with Gasteiger partial charge < -0.3 is 20.1 Å². The minimum atomic E-state index is -1.15. The van der Waals surface area contributed by atoms with Crippen LogP contribution in [0.5, 0.6) is 0 Å². The van der Waals surface area contributed by atoms with Gasteiger partial charge in [0.1, 0.15) is 12.4 Å². The lowest BCUT2D eigenvalue weighted by Crippen LogP contribution is -2.42. The Morgan fingerprint density at radius 2 is 2.12 bits per heavy atom. The summed E-state index contributed by atoms with van der Waals surface area (Å²) >= 11 is 0. The van der Waals surface area contributed by atoms with Gasteiger partial charge in [0.15, 0.2) is 0 Å². The minimum absolute atomic E-state index is 0.0499. The Kier molecular flexibility index (Phi) is 4.34. The fourth-order valence-electron chi connectivity index (χ4n) is 2.95. The van der Waals surface area contributed by atoms with Crippen LogP contribution in [0.4, 0.5) is 16.3 Å². The van der Waals surface area contributed by atoms with E-state index < -0.39 is 12.1 Å². The Morgan fingerprint density at radius 1 is 1.33 bits per heavy atom. The number of nitrogens with one attached hydrogen (secondary N) is 1. The zero-order valence-corrected chi connectivity index (χ0v) is 13.2. The maximum atomic E-state index is 12.1. The van der Waals surface area contributed by atoms with E-state index in [2.05, 4.69) is 10.3 Å². The van der Waals surface area contributed by atoms with Gasteiger partial charge >= 0.3 is 6.09 Å². The van der Waals surface area contributed by atoms with Crippen LogP contribution in [-0.2, 0) is 14.3 Å². The fourth-order valence-corrected chi connectivity index (χ4v) is 2.95. The average molecular weight is 334 g/mol. The van der Waals surface area contributed by atoms with Crippen LogP contribution < -0.4 is 15.1 Å². The largest absolute Gasteiger partial charge is 0.465 e. The first-order valence-corrected chi connectivity index (χ1v) is 7.61. The normalized spacial score (nSPS) is 21.3. The van der Waals surface area contributed by atoms with Crippen LogP contribution in [0, 0.1) is 6.92 Å². The van der Waals surface area contributed by atoms with E-state index in [-0.39, 0.29) is 31.4 Å². The third-order valence-electron chi connectivity index (χ3n) is 4.05. The van der Waals surface area contributed by atoms with Crippen molar-refractivity contribution in [1.82, 2.24) is 10.3 Å². The second-order valence-corrected chi connectivity index (χ2v) is 5.73. The number of nitrogens with zero attached hydrogens (tertiary/aromatic N) is 3. The van der Waals surface area contributed by atoms with Gasteiger partial charge in [-0.15, -0.1) is 0 Å². The molecular formula is C15H18N4O5. The van der Waals surface area contributed by atoms with Crippen molar-refractivity contribution in [2.24, 2.45) is 0 Å². The molecule has 3 amide bonds. The molecule has 0 aliphatic carbocycles. The lowest BCUT2D eigenvalue weighted by Gasteiger charge is -2.28. The molecule has 0 spiro atoms. The van der Waals surface area contributed by atoms with Crippen molar-refractivity contribution in [1.29, 1.82) is 0 Å². The highest BCUT2D eigenvalue weighted by Gasteiger charge is 2.33. The highest BCUT2D eigenvalue weighted by molar-refractivity contribution is 5.97. The van der Waals surface area contributed by atoms with E-state index in [0.29, 0.717) is 30.4 Å². The zero-order valence-electron chi connectivity index (χ0n) is 13.2. The standard InChI is InChI=1S/C15H18N4O5/c1-9-11(18-4-5-24-8-14(18)21)2-3-12(16-9)19-7-10(6-13(19)20)17-15(22)23/h2-3,10,17H,4-8H2,1H3,(H,22,23). The molecule has 0 saturated carbocycles. The molecule has 2 aliphatic rings. The first kappa shape index (κ1) is 16.2. The highest BCUT2D eigenvalue weighted by atomic mass is 16.5. The molecule has 1 unspecified atom stereocenters. The van der Waals surface area contributed by atoms with Gasteiger partial charge in [0, 0.05) is 19.5 Å². The topological polar surface area (TPSA) is 112 Å². The molecule has 128 valence electrons. The van der Waals surface area contributed by atoms with Gasteiger partial charge in [0.25, 0.3) is 5.91 Å². The quantitative estimate of drug-likeness (QED) is 0.812. The van der Waals surface area contributed by atoms with Crippen LogP contribution in [0.3, 0.4) is 0 Å². The van der Waals surface area contributed by atoms with Gasteiger partial charge in [-0.25, -0.2) is 9.78 Å². The third-order valence-corrected chi connectivity index (χ3v) is 4.05. The Morgan fingerprint density at radius 3 is 2.79 bits per heavy atom. The van der Waals surface area contributed by atoms with Crippen molar-refractivity contribution in [3.05, 3.63) is 17.8 Å². The molecule has 2 fully saturated rings.